The SMILES string of the molecule is COc1ccc(-c2nnc(-c3cc(OC)c(OC)c(OC)c3)o2)cc1OC.Cl. The van der Waals surface area contributed by atoms with Gasteiger partial charge in [-0.05, 0) is 30.3 Å². The predicted molar refractivity (Wildman–Crippen MR) is 105 cm³/mol. The standard InChI is InChI=1S/C19H20N2O6.ClH/c1-22-13-7-6-11(8-14(13)23-2)18-20-21-19(27-18)12-9-15(24-3)17(26-5)16(10-12)25-4;/h6-10H,1-5H3;1H. The molecular formula is C19H21ClN2O6. The van der Waals surface area contributed by atoms with Crippen molar-refractivity contribution < 1.29 is 28.1 Å². The predicted octanol–water partition coefficient (Wildman–Crippen LogP) is 3.87. The molecule has 2 aromatic carbocycles. The monoisotopic (exact) mass is 408 g/mol. The molecule has 0 aliphatic carbocycles. The molecule has 0 aliphatic rings. The number of hydrogen-bond donors (Lipinski definition) is 0. The third kappa shape index (κ3) is 3.91. The Morgan fingerprint density at radius 3 is 1.61 bits per heavy atom. The second-order valence-corrected chi connectivity index (χ2v) is 5.40. The van der Waals surface area contributed by atoms with Gasteiger partial charge in [0, 0.05) is 11.1 Å². The van der Waals surface area contributed by atoms with Crippen molar-refractivity contribution in [3.05, 3.63) is 30.3 Å². The van der Waals surface area contributed by atoms with Crippen molar-refractivity contribution in [2.75, 3.05) is 35.5 Å². The van der Waals surface area contributed by atoms with E-state index in [4.69, 9.17) is 28.1 Å². The molecule has 0 radical (unpaired) electrons. The maximum atomic E-state index is 5.83. The molecule has 8 nitrogen and oxygen atoms in total. The van der Waals surface area contributed by atoms with E-state index in [-0.39, 0.29) is 12.4 Å². The van der Waals surface area contributed by atoms with Crippen LogP contribution < -0.4 is 23.7 Å². The fourth-order valence-electron chi connectivity index (χ4n) is 2.63. The fourth-order valence-corrected chi connectivity index (χ4v) is 2.63. The van der Waals surface area contributed by atoms with E-state index in [2.05, 4.69) is 10.2 Å². The second-order valence-electron chi connectivity index (χ2n) is 5.40. The lowest BCUT2D eigenvalue weighted by molar-refractivity contribution is 0.324. The summed E-state index contributed by atoms with van der Waals surface area (Å²) in [6.45, 7) is 0. The van der Waals surface area contributed by atoms with Gasteiger partial charge in [0.2, 0.25) is 17.5 Å². The summed E-state index contributed by atoms with van der Waals surface area (Å²) < 4.78 is 32.4. The molecule has 0 unspecified atom stereocenters. The van der Waals surface area contributed by atoms with Gasteiger partial charge in [0.05, 0.1) is 35.5 Å². The molecule has 9 heteroatoms. The third-order valence-corrected chi connectivity index (χ3v) is 3.97. The summed E-state index contributed by atoms with van der Waals surface area (Å²) in [5, 5.41) is 8.25. The Hall–Kier alpha value is -3.13. The van der Waals surface area contributed by atoms with E-state index in [0.717, 1.165) is 0 Å². The van der Waals surface area contributed by atoms with Gasteiger partial charge in [-0.25, -0.2) is 0 Å². The van der Waals surface area contributed by atoms with Crippen molar-refractivity contribution in [3.63, 3.8) is 0 Å². The van der Waals surface area contributed by atoms with Gasteiger partial charge in [-0.3, -0.25) is 0 Å². The average molecular weight is 409 g/mol. The van der Waals surface area contributed by atoms with Gasteiger partial charge in [-0.1, -0.05) is 0 Å². The van der Waals surface area contributed by atoms with Crippen LogP contribution in [0.4, 0.5) is 0 Å². The van der Waals surface area contributed by atoms with Crippen LogP contribution in [-0.2, 0) is 0 Å². The summed E-state index contributed by atoms with van der Waals surface area (Å²) in [5.41, 5.74) is 1.35. The van der Waals surface area contributed by atoms with Crippen molar-refractivity contribution in [3.8, 4) is 51.7 Å². The van der Waals surface area contributed by atoms with Crippen LogP contribution >= 0.6 is 12.4 Å². The summed E-state index contributed by atoms with van der Waals surface area (Å²) in [6, 6.07) is 8.84. The summed E-state index contributed by atoms with van der Waals surface area (Å²) >= 11 is 0. The van der Waals surface area contributed by atoms with Crippen LogP contribution in [0.15, 0.2) is 34.7 Å². The van der Waals surface area contributed by atoms with Gasteiger partial charge >= 0.3 is 0 Å². The van der Waals surface area contributed by atoms with E-state index in [0.29, 0.717) is 51.7 Å². The van der Waals surface area contributed by atoms with Gasteiger partial charge in [0.25, 0.3) is 0 Å². The van der Waals surface area contributed by atoms with E-state index in [1.54, 1.807) is 59.8 Å². The van der Waals surface area contributed by atoms with Gasteiger partial charge in [-0.15, -0.1) is 22.6 Å². The number of rotatable bonds is 7. The Morgan fingerprint density at radius 2 is 1.11 bits per heavy atom. The average Bonchev–Trinajstić information content (AvgIpc) is 3.22. The molecule has 0 atom stereocenters. The Bertz CT molecular complexity index is 919. The third-order valence-electron chi connectivity index (χ3n) is 3.97. The summed E-state index contributed by atoms with van der Waals surface area (Å²) in [4.78, 5) is 0. The Morgan fingerprint density at radius 1 is 0.607 bits per heavy atom. The Kier molecular flexibility index (Phi) is 6.94. The molecule has 1 aromatic heterocycles. The van der Waals surface area contributed by atoms with E-state index in [1.807, 2.05) is 6.07 Å². The minimum absolute atomic E-state index is 0. The van der Waals surface area contributed by atoms with Crippen LogP contribution in [0.2, 0.25) is 0 Å². The number of methoxy groups -OCH3 is 5. The minimum Gasteiger partial charge on any atom is -0.493 e. The Labute approximate surface area is 168 Å². The van der Waals surface area contributed by atoms with Crippen LogP contribution in [0.5, 0.6) is 28.7 Å². The summed E-state index contributed by atoms with van der Waals surface area (Å²) in [6.07, 6.45) is 0. The molecular weight excluding hydrogens is 388 g/mol. The van der Waals surface area contributed by atoms with Gasteiger partial charge < -0.3 is 28.1 Å². The van der Waals surface area contributed by atoms with Crippen LogP contribution in [-0.4, -0.2) is 45.7 Å². The first-order chi connectivity index (χ1) is 13.1. The lowest BCUT2D eigenvalue weighted by atomic mass is 10.2. The molecule has 3 aromatic rings. The first-order valence-corrected chi connectivity index (χ1v) is 8.01. The number of nitrogens with zero attached hydrogens (tertiary/aromatic N) is 2. The maximum absolute atomic E-state index is 5.83. The second kappa shape index (κ2) is 9.18. The molecule has 0 bridgehead atoms. The van der Waals surface area contributed by atoms with Gasteiger partial charge in [0.15, 0.2) is 23.0 Å². The number of benzene rings is 2. The number of hydrogen-bond acceptors (Lipinski definition) is 8. The first kappa shape index (κ1) is 21.2. The fraction of sp³-hybridized carbons (Fsp3) is 0.263. The highest BCUT2D eigenvalue weighted by atomic mass is 35.5. The molecule has 0 saturated carbocycles. The van der Waals surface area contributed by atoms with Crippen molar-refractivity contribution in [2.45, 2.75) is 0 Å². The zero-order valence-electron chi connectivity index (χ0n) is 16.1. The van der Waals surface area contributed by atoms with E-state index in [9.17, 15) is 0 Å². The Balaban J connectivity index is 0.00000280. The van der Waals surface area contributed by atoms with E-state index < -0.39 is 0 Å². The van der Waals surface area contributed by atoms with Crippen molar-refractivity contribution in [1.29, 1.82) is 0 Å². The summed E-state index contributed by atoms with van der Waals surface area (Å²) in [7, 11) is 7.78. The molecule has 0 saturated heterocycles. The zero-order valence-corrected chi connectivity index (χ0v) is 17.0. The van der Waals surface area contributed by atoms with E-state index >= 15 is 0 Å². The number of ether oxygens (including phenoxy) is 5. The zero-order chi connectivity index (χ0) is 19.4. The minimum atomic E-state index is 0. The molecule has 0 amide bonds. The van der Waals surface area contributed by atoms with Gasteiger partial charge in [-0.2, -0.15) is 0 Å². The normalized spacial score (nSPS) is 10.0. The highest BCUT2D eigenvalue weighted by molar-refractivity contribution is 5.85. The van der Waals surface area contributed by atoms with Crippen LogP contribution in [0.3, 0.4) is 0 Å². The smallest absolute Gasteiger partial charge is 0.248 e. The maximum Gasteiger partial charge on any atom is 0.248 e. The first-order valence-electron chi connectivity index (χ1n) is 8.01. The van der Waals surface area contributed by atoms with Crippen molar-refractivity contribution in [1.82, 2.24) is 10.2 Å². The van der Waals surface area contributed by atoms with Crippen LogP contribution in [0.1, 0.15) is 0 Å². The summed E-state index contributed by atoms with van der Waals surface area (Å²) in [5.74, 6) is 3.34. The van der Waals surface area contributed by atoms with Crippen LogP contribution in [0.25, 0.3) is 22.9 Å². The number of aromatic nitrogens is 2. The quantitative estimate of drug-likeness (QED) is 0.582. The van der Waals surface area contributed by atoms with Crippen LogP contribution in [0, 0.1) is 0 Å². The molecule has 0 spiro atoms. The molecule has 1 heterocycles. The largest absolute Gasteiger partial charge is 0.493 e. The number of halogens is 1. The van der Waals surface area contributed by atoms with Crippen molar-refractivity contribution >= 4 is 12.4 Å². The topological polar surface area (TPSA) is 85.1 Å². The molecule has 150 valence electrons. The molecule has 0 aliphatic heterocycles. The highest BCUT2D eigenvalue weighted by Crippen LogP contribution is 2.41. The molecule has 28 heavy (non-hydrogen) atoms. The molecule has 0 fully saturated rings. The lowest BCUT2D eigenvalue weighted by Gasteiger charge is -2.12. The van der Waals surface area contributed by atoms with E-state index in [1.165, 1.54) is 0 Å². The molecule has 0 N–H and O–H groups in total. The highest BCUT2D eigenvalue weighted by Gasteiger charge is 2.18. The molecule has 3 rings (SSSR count). The van der Waals surface area contributed by atoms with Gasteiger partial charge in [0.1, 0.15) is 0 Å². The lowest BCUT2D eigenvalue weighted by Crippen LogP contribution is -1.95. The van der Waals surface area contributed by atoms with Crippen molar-refractivity contribution in [2.24, 2.45) is 0 Å².